The topological polar surface area (TPSA) is 43.6 Å². The van der Waals surface area contributed by atoms with Gasteiger partial charge in [-0.15, -0.1) is 12.4 Å². The minimum absolute atomic E-state index is 0. The summed E-state index contributed by atoms with van der Waals surface area (Å²) in [6, 6.07) is 15.8. The van der Waals surface area contributed by atoms with Crippen molar-refractivity contribution in [3.05, 3.63) is 70.4 Å². The van der Waals surface area contributed by atoms with Crippen LogP contribution in [-0.4, -0.2) is 6.79 Å². The molecule has 1 aromatic heterocycles. The minimum Gasteiger partial charge on any atom is -0.460 e. The van der Waals surface area contributed by atoms with Gasteiger partial charge < -0.3 is 19.2 Å². The highest BCUT2D eigenvalue weighted by Gasteiger charge is 2.13. The van der Waals surface area contributed by atoms with Gasteiger partial charge in [0.1, 0.15) is 11.5 Å². The van der Waals surface area contributed by atoms with Gasteiger partial charge in [-0.05, 0) is 48.4 Å². The van der Waals surface area contributed by atoms with E-state index in [-0.39, 0.29) is 12.4 Å². The summed E-state index contributed by atoms with van der Waals surface area (Å²) >= 11 is 6.19. The molecule has 3 aromatic rings. The zero-order chi connectivity index (χ0) is 17.2. The average Bonchev–Trinajstić information content (AvgIpc) is 3.26. The quantitative estimate of drug-likeness (QED) is 0.636. The molecule has 4 nitrogen and oxygen atoms in total. The van der Waals surface area contributed by atoms with Crippen molar-refractivity contribution in [2.45, 2.75) is 20.0 Å². The van der Waals surface area contributed by atoms with Crippen LogP contribution in [-0.2, 0) is 13.1 Å². The summed E-state index contributed by atoms with van der Waals surface area (Å²) in [7, 11) is 0. The van der Waals surface area contributed by atoms with E-state index in [0.29, 0.717) is 13.3 Å². The van der Waals surface area contributed by atoms with Crippen LogP contribution in [0, 0.1) is 6.92 Å². The zero-order valence-electron chi connectivity index (χ0n) is 14.3. The molecular formula is C20H19Cl2NO3. The van der Waals surface area contributed by atoms with Crippen LogP contribution in [0.3, 0.4) is 0 Å². The molecule has 0 saturated heterocycles. The number of furan rings is 1. The van der Waals surface area contributed by atoms with Crippen LogP contribution in [0.1, 0.15) is 16.9 Å². The third kappa shape index (κ3) is 3.83. The Bertz CT molecular complexity index is 908. The van der Waals surface area contributed by atoms with E-state index in [2.05, 4.69) is 5.32 Å². The van der Waals surface area contributed by atoms with Gasteiger partial charge >= 0.3 is 0 Å². The molecule has 2 aromatic carbocycles. The van der Waals surface area contributed by atoms with E-state index in [1.165, 1.54) is 0 Å². The molecule has 136 valence electrons. The number of hydrogen-bond acceptors (Lipinski definition) is 4. The highest BCUT2D eigenvalue weighted by Crippen LogP contribution is 2.32. The predicted molar refractivity (Wildman–Crippen MR) is 104 cm³/mol. The van der Waals surface area contributed by atoms with E-state index in [0.717, 1.165) is 51.3 Å². The second-order valence-electron chi connectivity index (χ2n) is 5.97. The second kappa shape index (κ2) is 8.04. The Morgan fingerprint density at radius 3 is 2.73 bits per heavy atom. The van der Waals surface area contributed by atoms with Crippen molar-refractivity contribution in [1.82, 2.24) is 5.32 Å². The van der Waals surface area contributed by atoms with Crippen molar-refractivity contribution in [1.29, 1.82) is 0 Å². The lowest BCUT2D eigenvalue weighted by atomic mass is 10.1. The molecule has 0 spiro atoms. The van der Waals surface area contributed by atoms with E-state index in [4.69, 9.17) is 25.5 Å². The second-order valence-corrected chi connectivity index (χ2v) is 6.38. The maximum Gasteiger partial charge on any atom is 0.231 e. The van der Waals surface area contributed by atoms with Crippen LogP contribution in [0.4, 0.5) is 0 Å². The fourth-order valence-corrected chi connectivity index (χ4v) is 3.05. The van der Waals surface area contributed by atoms with Crippen LogP contribution in [0.15, 0.2) is 52.9 Å². The summed E-state index contributed by atoms with van der Waals surface area (Å²) in [6.07, 6.45) is 0. The summed E-state index contributed by atoms with van der Waals surface area (Å²) < 4.78 is 16.7. The third-order valence-corrected chi connectivity index (χ3v) is 4.67. The first kappa shape index (κ1) is 18.6. The van der Waals surface area contributed by atoms with Gasteiger partial charge in [0.05, 0.1) is 6.54 Å². The lowest BCUT2D eigenvalue weighted by Crippen LogP contribution is -2.11. The Labute approximate surface area is 163 Å². The van der Waals surface area contributed by atoms with Gasteiger partial charge in [0, 0.05) is 17.1 Å². The molecule has 2 heterocycles. The van der Waals surface area contributed by atoms with Gasteiger partial charge in [-0.25, -0.2) is 0 Å². The van der Waals surface area contributed by atoms with E-state index in [1.54, 1.807) is 0 Å². The van der Waals surface area contributed by atoms with Crippen molar-refractivity contribution in [3.63, 3.8) is 0 Å². The van der Waals surface area contributed by atoms with E-state index >= 15 is 0 Å². The number of benzene rings is 2. The zero-order valence-corrected chi connectivity index (χ0v) is 15.8. The van der Waals surface area contributed by atoms with Gasteiger partial charge in [-0.3, -0.25) is 0 Å². The molecule has 1 N–H and O–H groups in total. The smallest absolute Gasteiger partial charge is 0.231 e. The molecule has 0 radical (unpaired) electrons. The Morgan fingerprint density at radius 1 is 1.00 bits per heavy atom. The Kier molecular flexibility index (Phi) is 5.77. The highest BCUT2D eigenvalue weighted by atomic mass is 35.5. The lowest BCUT2D eigenvalue weighted by molar-refractivity contribution is 0.174. The number of nitrogens with one attached hydrogen (secondary N) is 1. The van der Waals surface area contributed by atoms with Gasteiger partial charge in [-0.2, -0.15) is 0 Å². The maximum atomic E-state index is 6.19. The first-order chi connectivity index (χ1) is 12.2. The molecule has 0 fully saturated rings. The third-order valence-electron chi connectivity index (χ3n) is 4.26. The molecule has 6 heteroatoms. The molecular weight excluding hydrogens is 373 g/mol. The maximum absolute atomic E-state index is 6.19. The van der Waals surface area contributed by atoms with Crippen molar-refractivity contribution in [3.8, 4) is 22.8 Å². The first-order valence-electron chi connectivity index (χ1n) is 8.14. The van der Waals surface area contributed by atoms with Gasteiger partial charge in [0.2, 0.25) is 6.79 Å². The molecule has 1 aliphatic heterocycles. The van der Waals surface area contributed by atoms with Gasteiger partial charge in [0.15, 0.2) is 11.5 Å². The molecule has 0 aliphatic carbocycles. The highest BCUT2D eigenvalue weighted by molar-refractivity contribution is 6.31. The van der Waals surface area contributed by atoms with Crippen molar-refractivity contribution in [2.24, 2.45) is 0 Å². The van der Waals surface area contributed by atoms with Gasteiger partial charge in [0.25, 0.3) is 0 Å². The molecule has 0 bridgehead atoms. The normalized spacial score (nSPS) is 12.1. The largest absolute Gasteiger partial charge is 0.460 e. The molecule has 4 rings (SSSR count). The Balaban J connectivity index is 0.00000196. The fraction of sp³-hybridized carbons (Fsp3) is 0.200. The Morgan fingerprint density at radius 2 is 1.85 bits per heavy atom. The molecule has 26 heavy (non-hydrogen) atoms. The van der Waals surface area contributed by atoms with Crippen molar-refractivity contribution < 1.29 is 13.9 Å². The van der Waals surface area contributed by atoms with Gasteiger partial charge in [-0.1, -0.05) is 29.8 Å². The number of fused-ring (bicyclic) bond motifs is 1. The van der Waals surface area contributed by atoms with Crippen LogP contribution < -0.4 is 14.8 Å². The van der Waals surface area contributed by atoms with Crippen molar-refractivity contribution >= 4 is 24.0 Å². The van der Waals surface area contributed by atoms with Crippen molar-refractivity contribution in [2.75, 3.05) is 6.79 Å². The summed E-state index contributed by atoms with van der Waals surface area (Å²) in [5.41, 5.74) is 3.19. The molecule has 1 aliphatic rings. The summed E-state index contributed by atoms with van der Waals surface area (Å²) in [5, 5.41) is 4.13. The average molecular weight is 392 g/mol. The SMILES string of the molecule is Cc1c(Cl)cccc1-c1ccc(CNCc2ccc3c(c2)OCO3)o1.Cl. The van der Waals surface area contributed by atoms with Crippen LogP contribution in [0.2, 0.25) is 5.02 Å². The first-order valence-corrected chi connectivity index (χ1v) is 8.52. The molecule has 0 amide bonds. The van der Waals surface area contributed by atoms with Crippen LogP contribution in [0.5, 0.6) is 11.5 Å². The summed E-state index contributed by atoms with van der Waals surface area (Å²) in [4.78, 5) is 0. The molecule has 0 unspecified atom stereocenters. The molecule has 0 atom stereocenters. The summed E-state index contributed by atoms with van der Waals surface area (Å²) in [6.45, 7) is 3.67. The summed E-state index contributed by atoms with van der Waals surface area (Å²) in [5.74, 6) is 3.32. The van der Waals surface area contributed by atoms with Crippen LogP contribution >= 0.6 is 24.0 Å². The fourth-order valence-electron chi connectivity index (χ4n) is 2.87. The standard InChI is InChI=1S/C20H18ClNO3.ClH/c1-13-16(3-2-4-17(13)21)18-8-6-15(25-18)11-22-10-14-5-7-19-20(9-14)24-12-23-19;/h2-9,22H,10-12H2,1H3;1H. The van der Waals surface area contributed by atoms with E-state index in [9.17, 15) is 0 Å². The van der Waals surface area contributed by atoms with E-state index < -0.39 is 0 Å². The predicted octanol–water partition coefficient (Wildman–Crippen LogP) is 5.35. The number of rotatable bonds is 5. The number of hydrogen-bond donors (Lipinski definition) is 1. The number of ether oxygens (including phenoxy) is 2. The monoisotopic (exact) mass is 391 g/mol. The lowest BCUT2D eigenvalue weighted by Gasteiger charge is -2.06. The molecule has 0 saturated carbocycles. The number of halogens is 2. The Hall–Kier alpha value is -2.14. The van der Waals surface area contributed by atoms with E-state index in [1.807, 2.05) is 55.5 Å². The van der Waals surface area contributed by atoms with Crippen LogP contribution in [0.25, 0.3) is 11.3 Å². The minimum atomic E-state index is 0.